The first kappa shape index (κ1) is 53.2. The van der Waals surface area contributed by atoms with Gasteiger partial charge in [0, 0.05) is 26.4 Å². The zero-order valence-corrected chi connectivity index (χ0v) is 38.1. The number of fused-ring (bicyclic) bond motifs is 2. The predicted molar refractivity (Wildman–Crippen MR) is 236 cm³/mol. The lowest BCUT2D eigenvalue weighted by Gasteiger charge is -2.43. The van der Waals surface area contributed by atoms with Gasteiger partial charge in [0.2, 0.25) is 29.5 Å². The van der Waals surface area contributed by atoms with Crippen LogP contribution in [-0.2, 0) is 65.7 Å². The number of aliphatic hydroxyl groups excluding tert-OH is 2. The van der Waals surface area contributed by atoms with E-state index < -0.39 is 119 Å². The number of carbonyl (C=O) groups is 7. The van der Waals surface area contributed by atoms with Crippen molar-refractivity contribution in [3.8, 4) is 5.75 Å². The summed E-state index contributed by atoms with van der Waals surface area (Å²) in [4.78, 5) is 106. The summed E-state index contributed by atoms with van der Waals surface area (Å²) in [6, 6.07) is 4.98. The molecule has 2 saturated heterocycles. The van der Waals surface area contributed by atoms with E-state index in [1.54, 1.807) is 44.2 Å². The summed E-state index contributed by atoms with van der Waals surface area (Å²) in [6.07, 6.45) is -6.33. The molecule has 368 valence electrons. The highest BCUT2D eigenvalue weighted by Gasteiger charge is 2.46. The Balaban J connectivity index is 1.87. The SMILES string of the molecule is CC(C)C1NC(=O)C(Cc2ccc(O)cc2)N(C)C(=O)[C@H](Cc2ccccc2)N2C(=O)C(CCC2O)NC(=O)C(CCCN=C(N)N)NC(=O)[C@@H](NC(=O)C(O)COS(=O)(=O)O)[C@@H](C)OC1=O. The predicted octanol–water partition coefficient (Wildman–Crippen LogP) is -2.91. The van der Waals surface area contributed by atoms with Crippen LogP contribution in [-0.4, -0.2) is 160 Å². The van der Waals surface area contributed by atoms with Gasteiger partial charge in [-0.1, -0.05) is 56.3 Å². The number of aliphatic hydroxyl groups is 2. The van der Waals surface area contributed by atoms with E-state index in [0.29, 0.717) is 11.1 Å². The number of nitrogens with zero attached hydrogens (tertiary/aromatic N) is 3. The highest BCUT2D eigenvalue weighted by atomic mass is 32.3. The van der Waals surface area contributed by atoms with Crippen LogP contribution in [0.1, 0.15) is 57.6 Å². The molecule has 0 aromatic heterocycles. The first-order chi connectivity index (χ1) is 31.5. The number of piperidine rings is 1. The molecule has 25 heteroatoms. The lowest BCUT2D eigenvalue weighted by atomic mass is 9.95. The van der Waals surface area contributed by atoms with Crippen LogP contribution in [0.25, 0.3) is 0 Å². The molecule has 6 amide bonds. The van der Waals surface area contributed by atoms with E-state index in [0.717, 1.165) is 16.7 Å². The van der Waals surface area contributed by atoms with E-state index in [1.807, 2.05) is 0 Å². The molecule has 6 unspecified atom stereocenters. The molecule has 2 aromatic carbocycles. The Labute approximate surface area is 386 Å². The number of nitrogens with one attached hydrogen (secondary N) is 4. The van der Waals surface area contributed by atoms with E-state index in [2.05, 4.69) is 30.4 Å². The number of amides is 6. The van der Waals surface area contributed by atoms with Crippen molar-refractivity contribution in [1.29, 1.82) is 0 Å². The molecule has 2 aromatic rings. The molecular weight excluding hydrogens is 903 g/mol. The monoisotopic (exact) mass is 961 g/mol. The van der Waals surface area contributed by atoms with Crippen molar-refractivity contribution in [1.82, 2.24) is 31.1 Å². The maximum Gasteiger partial charge on any atom is 0.397 e. The quantitative estimate of drug-likeness (QED) is 0.0298. The van der Waals surface area contributed by atoms with Crippen molar-refractivity contribution >= 4 is 57.8 Å². The topological polar surface area (TPSA) is 372 Å². The average Bonchev–Trinajstić information content (AvgIpc) is 3.26. The van der Waals surface area contributed by atoms with Crippen LogP contribution in [0.2, 0.25) is 0 Å². The number of rotatable bonds is 14. The highest BCUT2D eigenvalue weighted by Crippen LogP contribution is 2.25. The fourth-order valence-electron chi connectivity index (χ4n) is 7.44. The summed E-state index contributed by atoms with van der Waals surface area (Å²) >= 11 is 0. The number of likely N-dealkylation sites (N-methyl/N-ethyl adjacent to an activating group) is 1. The van der Waals surface area contributed by atoms with Crippen LogP contribution >= 0.6 is 0 Å². The van der Waals surface area contributed by atoms with Gasteiger partial charge >= 0.3 is 16.4 Å². The second-order valence-corrected chi connectivity index (χ2v) is 17.6. The molecule has 9 atom stereocenters. The average molecular weight is 962 g/mol. The second kappa shape index (κ2) is 23.9. The van der Waals surface area contributed by atoms with Gasteiger partial charge in [0.05, 0.1) is 0 Å². The van der Waals surface area contributed by atoms with Gasteiger partial charge in [0.1, 0.15) is 60.9 Å². The van der Waals surface area contributed by atoms with Gasteiger partial charge in [0.15, 0.2) is 12.1 Å². The maximum atomic E-state index is 15.0. The summed E-state index contributed by atoms with van der Waals surface area (Å²) in [7, 11) is -3.82. The number of benzene rings is 2. The lowest BCUT2D eigenvalue weighted by molar-refractivity contribution is -0.165. The van der Waals surface area contributed by atoms with Gasteiger partial charge in [-0.25, -0.2) is 8.98 Å². The van der Waals surface area contributed by atoms with Crippen molar-refractivity contribution in [2.75, 3.05) is 20.2 Å². The number of nitrogens with two attached hydrogens (primary N) is 2. The lowest BCUT2D eigenvalue weighted by Crippen LogP contribution is -2.65. The first-order valence-corrected chi connectivity index (χ1v) is 22.7. The minimum Gasteiger partial charge on any atom is -0.508 e. The summed E-state index contributed by atoms with van der Waals surface area (Å²) in [6.45, 7) is 2.92. The molecule has 67 heavy (non-hydrogen) atoms. The smallest absolute Gasteiger partial charge is 0.397 e. The Hall–Kier alpha value is -6.41. The van der Waals surface area contributed by atoms with Crippen LogP contribution in [0.5, 0.6) is 5.75 Å². The third-order valence-electron chi connectivity index (χ3n) is 11.1. The molecule has 4 rings (SSSR count). The molecule has 0 radical (unpaired) electrons. The molecule has 24 nitrogen and oxygen atoms in total. The Morgan fingerprint density at radius 2 is 1.54 bits per heavy atom. The van der Waals surface area contributed by atoms with Crippen LogP contribution in [0.4, 0.5) is 0 Å². The number of carbonyl (C=O) groups excluding carboxylic acids is 7. The third-order valence-corrected chi connectivity index (χ3v) is 11.5. The molecule has 2 fully saturated rings. The maximum absolute atomic E-state index is 15.0. The van der Waals surface area contributed by atoms with Crippen molar-refractivity contribution in [2.24, 2.45) is 22.4 Å². The number of phenols is 1. The summed E-state index contributed by atoms with van der Waals surface area (Å²) < 4.78 is 41.0. The number of aromatic hydroxyl groups is 1. The van der Waals surface area contributed by atoms with Crippen molar-refractivity contribution in [3.63, 3.8) is 0 Å². The van der Waals surface area contributed by atoms with Crippen LogP contribution < -0.4 is 32.7 Å². The summed E-state index contributed by atoms with van der Waals surface area (Å²) in [5, 5.41) is 41.7. The Kier molecular flexibility index (Phi) is 18.9. The standard InChI is InChI=1S/C42H59N9O15S/c1-22(2)33-41(61)66-23(3)34(49-37(57)31(53)21-65-67(62,63)64)38(58)46-27(11-8-18-45-42(43)44)35(55)47-28-16-17-32(54)51(39(28)59)30(20-24-9-6-5-7-10-24)40(60)50(4)29(36(56)48-33)19-25-12-14-26(52)15-13-25/h5-7,9-10,12-15,22-23,27-34,52-54H,8,11,16-21H2,1-4H3,(H,46,58)(H,47,55)(H,48,56)(H,49,57)(H4,43,44,45)(H,62,63,64)/t23-,27?,28?,29?,30+,31?,32?,33?,34+/m1/s1. The zero-order chi connectivity index (χ0) is 49.7. The molecule has 2 heterocycles. The summed E-state index contributed by atoms with van der Waals surface area (Å²) in [5.74, 6) is -8.40. The van der Waals surface area contributed by atoms with Gasteiger partial charge in [-0.05, 0) is 61.8 Å². The molecule has 2 bridgehead atoms. The van der Waals surface area contributed by atoms with E-state index in [-0.39, 0.29) is 56.8 Å². The highest BCUT2D eigenvalue weighted by molar-refractivity contribution is 7.80. The zero-order valence-electron chi connectivity index (χ0n) is 37.3. The Morgan fingerprint density at radius 3 is 2.15 bits per heavy atom. The Morgan fingerprint density at radius 1 is 0.910 bits per heavy atom. The van der Waals surface area contributed by atoms with E-state index in [1.165, 1.54) is 31.3 Å². The van der Waals surface area contributed by atoms with Gasteiger partial charge < -0.3 is 62.6 Å². The van der Waals surface area contributed by atoms with Crippen molar-refractivity contribution in [2.45, 2.75) is 114 Å². The van der Waals surface area contributed by atoms with E-state index in [9.17, 15) is 57.3 Å². The molecule has 0 spiro atoms. The van der Waals surface area contributed by atoms with Crippen molar-refractivity contribution < 1.29 is 70.8 Å². The second-order valence-electron chi connectivity index (χ2n) is 16.5. The van der Waals surface area contributed by atoms with Crippen LogP contribution in [0, 0.1) is 5.92 Å². The molecule has 0 aliphatic carbocycles. The van der Waals surface area contributed by atoms with E-state index in [4.69, 9.17) is 20.8 Å². The number of hydrogen-bond acceptors (Lipinski definition) is 15. The number of cyclic esters (lactones) is 1. The molecule has 2 aliphatic rings. The van der Waals surface area contributed by atoms with Crippen LogP contribution in [0.3, 0.4) is 0 Å². The Bertz CT molecular complexity index is 2230. The van der Waals surface area contributed by atoms with Gasteiger partial charge in [0.25, 0.3) is 5.91 Å². The number of ether oxygens (including phenoxy) is 1. The minimum absolute atomic E-state index is 0.0364. The minimum atomic E-state index is -5.14. The van der Waals surface area contributed by atoms with Gasteiger partial charge in [-0.15, -0.1) is 0 Å². The largest absolute Gasteiger partial charge is 0.508 e. The molecule has 2 aliphatic heterocycles. The number of phenolic OH excluding ortho intramolecular Hbond substituents is 1. The van der Waals surface area contributed by atoms with Crippen LogP contribution in [0.15, 0.2) is 59.6 Å². The van der Waals surface area contributed by atoms with Gasteiger partial charge in [-0.3, -0.25) is 38.3 Å². The van der Waals surface area contributed by atoms with Gasteiger partial charge in [-0.2, -0.15) is 8.42 Å². The van der Waals surface area contributed by atoms with E-state index >= 15 is 0 Å². The number of guanidine groups is 1. The number of hydrogen-bond donors (Lipinski definition) is 10. The molecular formula is C42H59N9O15S. The van der Waals surface area contributed by atoms with Crippen molar-refractivity contribution in [3.05, 3.63) is 65.7 Å². The molecule has 12 N–H and O–H groups in total. The summed E-state index contributed by atoms with van der Waals surface area (Å²) in [5.41, 5.74) is 12.0. The fourth-order valence-corrected chi connectivity index (χ4v) is 7.74. The number of esters is 1. The fraction of sp³-hybridized carbons (Fsp3) is 0.524. The number of aliphatic imine (C=N–C) groups is 1. The molecule has 0 saturated carbocycles. The third kappa shape index (κ3) is 15.3. The first-order valence-electron chi connectivity index (χ1n) is 21.3. The normalized spacial score (nSPS) is 25.4.